The first-order valence-electron chi connectivity index (χ1n) is 5.76. The van der Waals surface area contributed by atoms with Crippen molar-refractivity contribution in [1.29, 1.82) is 0 Å². The molecule has 17 heavy (non-hydrogen) atoms. The summed E-state index contributed by atoms with van der Waals surface area (Å²) in [7, 11) is -3.27. The number of hydrogen-bond acceptors (Lipinski definition) is 3. The Hall–Kier alpha value is -1.07. The highest BCUT2D eigenvalue weighted by Gasteiger charge is 2.38. The third-order valence-corrected chi connectivity index (χ3v) is 5.58. The smallest absolute Gasteiger partial charge is 0.239 e. The third-order valence-electron chi connectivity index (χ3n) is 3.33. The summed E-state index contributed by atoms with van der Waals surface area (Å²) >= 11 is 0. The molecule has 94 valence electrons. The second-order valence-corrected chi connectivity index (χ2v) is 6.64. The van der Waals surface area contributed by atoms with Gasteiger partial charge in [-0.3, -0.25) is 4.31 Å². The van der Waals surface area contributed by atoms with Gasteiger partial charge in [0.2, 0.25) is 10.0 Å². The van der Waals surface area contributed by atoms with E-state index in [1.165, 1.54) is 4.31 Å². The molecule has 5 heteroatoms. The van der Waals surface area contributed by atoms with Crippen LogP contribution in [0.2, 0.25) is 0 Å². The predicted molar refractivity (Wildman–Crippen MR) is 69.6 cm³/mol. The Labute approximate surface area is 102 Å². The normalized spacial score (nSPS) is 23.0. The molecule has 0 spiro atoms. The van der Waals surface area contributed by atoms with Crippen LogP contribution in [0.4, 0.5) is 5.69 Å². The Morgan fingerprint density at radius 2 is 1.94 bits per heavy atom. The minimum atomic E-state index is -3.27. The molecule has 1 atom stereocenters. The van der Waals surface area contributed by atoms with Crippen LogP contribution in [0.3, 0.4) is 0 Å². The van der Waals surface area contributed by atoms with E-state index in [1.807, 2.05) is 32.0 Å². The molecule has 0 saturated carbocycles. The van der Waals surface area contributed by atoms with E-state index >= 15 is 0 Å². The Balaban J connectivity index is 2.50. The van der Waals surface area contributed by atoms with Crippen molar-refractivity contribution in [3.05, 3.63) is 29.3 Å². The summed E-state index contributed by atoms with van der Waals surface area (Å²) in [6, 6.07) is 5.82. The highest BCUT2D eigenvalue weighted by Crippen LogP contribution is 2.33. The maximum absolute atomic E-state index is 12.3. The number of nitrogens with zero attached hydrogens (tertiary/aromatic N) is 1. The standard InChI is InChI=1S/C12H18N2O2S/c1-9-4-3-5-10(2)12(9)14-7-6-11(8-13)17(14,15)16/h3-5,11H,6-8,13H2,1-2H3. The number of hydrogen-bond donors (Lipinski definition) is 1. The highest BCUT2D eigenvalue weighted by atomic mass is 32.2. The molecule has 2 rings (SSSR count). The molecule has 0 radical (unpaired) electrons. The van der Waals surface area contributed by atoms with Crippen LogP contribution in [0.15, 0.2) is 18.2 Å². The number of sulfonamides is 1. The summed E-state index contributed by atoms with van der Waals surface area (Å²) in [6.45, 7) is 4.61. The molecule has 1 aromatic rings. The highest BCUT2D eigenvalue weighted by molar-refractivity contribution is 7.93. The number of para-hydroxylation sites is 1. The van der Waals surface area contributed by atoms with Gasteiger partial charge >= 0.3 is 0 Å². The van der Waals surface area contributed by atoms with E-state index in [0.29, 0.717) is 13.0 Å². The maximum Gasteiger partial charge on any atom is 0.239 e. The van der Waals surface area contributed by atoms with E-state index in [1.54, 1.807) is 0 Å². The lowest BCUT2D eigenvalue weighted by atomic mass is 10.1. The van der Waals surface area contributed by atoms with Crippen molar-refractivity contribution in [1.82, 2.24) is 0 Å². The zero-order chi connectivity index (χ0) is 12.6. The molecule has 1 aliphatic heterocycles. The second-order valence-electron chi connectivity index (χ2n) is 4.50. The Morgan fingerprint density at radius 1 is 1.35 bits per heavy atom. The van der Waals surface area contributed by atoms with Gasteiger partial charge in [0.15, 0.2) is 0 Å². The second kappa shape index (κ2) is 4.31. The van der Waals surface area contributed by atoms with Crippen LogP contribution in [0.25, 0.3) is 0 Å². The van der Waals surface area contributed by atoms with Gasteiger partial charge in [0, 0.05) is 13.1 Å². The van der Waals surface area contributed by atoms with Crippen LogP contribution in [0, 0.1) is 13.8 Å². The fraction of sp³-hybridized carbons (Fsp3) is 0.500. The van der Waals surface area contributed by atoms with Gasteiger partial charge in [-0.15, -0.1) is 0 Å². The van der Waals surface area contributed by atoms with Crippen molar-refractivity contribution in [2.45, 2.75) is 25.5 Å². The fourth-order valence-electron chi connectivity index (χ4n) is 2.39. The van der Waals surface area contributed by atoms with E-state index < -0.39 is 15.3 Å². The molecule has 0 bridgehead atoms. The number of benzene rings is 1. The van der Waals surface area contributed by atoms with Gasteiger partial charge in [-0.2, -0.15) is 0 Å². The zero-order valence-electron chi connectivity index (χ0n) is 10.2. The summed E-state index contributed by atoms with van der Waals surface area (Å²) in [4.78, 5) is 0. The van der Waals surface area contributed by atoms with Gasteiger partial charge in [-0.05, 0) is 31.4 Å². The number of nitrogens with two attached hydrogens (primary N) is 1. The van der Waals surface area contributed by atoms with Crippen molar-refractivity contribution < 1.29 is 8.42 Å². The lowest BCUT2D eigenvalue weighted by molar-refractivity contribution is 0.588. The van der Waals surface area contributed by atoms with E-state index in [4.69, 9.17) is 5.73 Å². The summed E-state index contributed by atoms with van der Waals surface area (Å²) in [6.07, 6.45) is 0.618. The molecule has 0 aliphatic carbocycles. The number of anilines is 1. The summed E-state index contributed by atoms with van der Waals surface area (Å²) in [5, 5.41) is -0.429. The predicted octanol–water partition coefficient (Wildman–Crippen LogP) is 1.17. The average molecular weight is 254 g/mol. The van der Waals surface area contributed by atoms with E-state index in [2.05, 4.69) is 0 Å². The molecular weight excluding hydrogens is 236 g/mol. The first kappa shape index (κ1) is 12.4. The Morgan fingerprint density at radius 3 is 2.41 bits per heavy atom. The van der Waals surface area contributed by atoms with Crippen LogP contribution >= 0.6 is 0 Å². The molecular formula is C12H18N2O2S. The zero-order valence-corrected chi connectivity index (χ0v) is 11.0. The quantitative estimate of drug-likeness (QED) is 0.861. The number of rotatable bonds is 2. The van der Waals surface area contributed by atoms with Crippen molar-refractivity contribution in [3.8, 4) is 0 Å². The molecule has 1 aliphatic rings. The monoisotopic (exact) mass is 254 g/mol. The van der Waals surface area contributed by atoms with Crippen molar-refractivity contribution >= 4 is 15.7 Å². The molecule has 2 N–H and O–H groups in total. The first-order chi connectivity index (χ1) is 7.98. The molecule has 1 aromatic carbocycles. The lowest BCUT2D eigenvalue weighted by Gasteiger charge is -2.22. The van der Waals surface area contributed by atoms with Crippen molar-refractivity contribution in [3.63, 3.8) is 0 Å². The summed E-state index contributed by atoms with van der Waals surface area (Å²) in [5.74, 6) is 0. The van der Waals surface area contributed by atoms with Crippen LogP contribution < -0.4 is 10.0 Å². The Bertz CT molecular complexity index is 505. The van der Waals surface area contributed by atoms with Crippen LogP contribution in [-0.2, 0) is 10.0 Å². The molecule has 1 heterocycles. The van der Waals surface area contributed by atoms with Gasteiger partial charge in [-0.25, -0.2) is 8.42 Å². The fourth-order valence-corrected chi connectivity index (χ4v) is 4.30. The minimum Gasteiger partial charge on any atom is -0.329 e. The topological polar surface area (TPSA) is 63.4 Å². The van der Waals surface area contributed by atoms with E-state index in [-0.39, 0.29) is 6.54 Å². The van der Waals surface area contributed by atoms with Gasteiger partial charge in [0.1, 0.15) is 0 Å². The minimum absolute atomic E-state index is 0.198. The van der Waals surface area contributed by atoms with E-state index in [0.717, 1.165) is 16.8 Å². The Kier molecular flexibility index (Phi) is 3.14. The first-order valence-corrected chi connectivity index (χ1v) is 7.26. The molecule has 1 unspecified atom stereocenters. The largest absolute Gasteiger partial charge is 0.329 e. The summed E-state index contributed by atoms with van der Waals surface area (Å²) < 4.78 is 26.1. The molecule has 1 saturated heterocycles. The van der Waals surface area contributed by atoms with Crippen LogP contribution in [0.1, 0.15) is 17.5 Å². The molecule has 0 aromatic heterocycles. The van der Waals surface area contributed by atoms with Gasteiger partial charge in [-0.1, -0.05) is 18.2 Å². The third kappa shape index (κ3) is 1.93. The van der Waals surface area contributed by atoms with Crippen LogP contribution in [0.5, 0.6) is 0 Å². The van der Waals surface area contributed by atoms with Crippen molar-refractivity contribution in [2.75, 3.05) is 17.4 Å². The number of aryl methyl sites for hydroxylation is 2. The molecule has 4 nitrogen and oxygen atoms in total. The van der Waals surface area contributed by atoms with Gasteiger partial charge in [0.05, 0.1) is 10.9 Å². The van der Waals surface area contributed by atoms with Crippen LogP contribution in [-0.4, -0.2) is 26.8 Å². The van der Waals surface area contributed by atoms with Gasteiger partial charge < -0.3 is 5.73 Å². The lowest BCUT2D eigenvalue weighted by Crippen LogP contribution is -2.33. The molecule has 0 amide bonds. The van der Waals surface area contributed by atoms with Gasteiger partial charge in [0.25, 0.3) is 0 Å². The average Bonchev–Trinajstić information content (AvgIpc) is 2.54. The summed E-state index contributed by atoms with van der Waals surface area (Å²) in [5.41, 5.74) is 8.33. The van der Waals surface area contributed by atoms with E-state index in [9.17, 15) is 8.42 Å². The SMILES string of the molecule is Cc1cccc(C)c1N1CCC(CN)S1(=O)=O. The molecule has 1 fully saturated rings. The maximum atomic E-state index is 12.3. The van der Waals surface area contributed by atoms with Crippen molar-refractivity contribution in [2.24, 2.45) is 5.73 Å².